The zero-order chi connectivity index (χ0) is 16.4. The number of hydrogen-bond donors (Lipinski definition) is 0. The lowest BCUT2D eigenvalue weighted by atomic mass is 10.1. The van der Waals surface area contributed by atoms with Gasteiger partial charge in [-0.1, -0.05) is 31.0 Å². The first-order valence-electron chi connectivity index (χ1n) is 8.65. The van der Waals surface area contributed by atoms with E-state index in [1.54, 1.807) is 0 Å². The van der Waals surface area contributed by atoms with Gasteiger partial charge in [-0.05, 0) is 43.2 Å². The zero-order valence-corrected chi connectivity index (χ0v) is 13.7. The number of likely N-dealkylation sites (tertiary alicyclic amines) is 1. The van der Waals surface area contributed by atoms with E-state index in [1.807, 2.05) is 47.6 Å². The number of amides is 1. The van der Waals surface area contributed by atoms with Crippen LogP contribution in [-0.2, 0) is 0 Å². The van der Waals surface area contributed by atoms with Crippen LogP contribution in [0, 0.1) is 0 Å². The number of aromatic nitrogens is 2. The topological polar surface area (TPSA) is 38.1 Å². The monoisotopic (exact) mass is 319 g/mol. The predicted octanol–water partition coefficient (Wildman–Crippen LogP) is 4.04. The SMILES string of the molecule is O=C(c1ccc2c(c1)ncn2-c1ccccc1)N1CCCCCC1. The van der Waals surface area contributed by atoms with Gasteiger partial charge in [0.1, 0.15) is 6.33 Å². The van der Waals surface area contributed by atoms with Crippen LogP contribution in [0.5, 0.6) is 0 Å². The average Bonchev–Trinajstić information content (AvgIpc) is 2.86. The van der Waals surface area contributed by atoms with E-state index in [0.717, 1.165) is 48.2 Å². The van der Waals surface area contributed by atoms with Gasteiger partial charge < -0.3 is 4.90 Å². The van der Waals surface area contributed by atoms with Gasteiger partial charge in [0.25, 0.3) is 5.91 Å². The Kier molecular flexibility index (Phi) is 4.03. The summed E-state index contributed by atoms with van der Waals surface area (Å²) in [6, 6.07) is 16.0. The Balaban J connectivity index is 1.66. The number of imidazole rings is 1. The van der Waals surface area contributed by atoms with Crippen LogP contribution in [0.2, 0.25) is 0 Å². The van der Waals surface area contributed by atoms with Crippen molar-refractivity contribution in [1.82, 2.24) is 14.5 Å². The van der Waals surface area contributed by atoms with Crippen molar-refractivity contribution in [3.8, 4) is 5.69 Å². The molecule has 4 heteroatoms. The number of carbonyl (C=O) groups excluding carboxylic acids is 1. The van der Waals surface area contributed by atoms with E-state index in [2.05, 4.69) is 21.7 Å². The first kappa shape index (κ1) is 14.9. The molecule has 0 saturated carbocycles. The Morgan fingerprint density at radius 3 is 2.42 bits per heavy atom. The van der Waals surface area contributed by atoms with E-state index < -0.39 is 0 Å². The maximum Gasteiger partial charge on any atom is 0.253 e. The molecule has 2 aromatic carbocycles. The van der Waals surface area contributed by atoms with E-state index in [9.17, 15) is 4.79 Å². The van der Waals surface area contributed by atoms with Gasteiger partial charge in [0.2, 0.25) is 0 Å². The van der Waals surface area contributed by atoms with Crippen molar-refractivity contribution in [2.75, 3.05) is 13.1 Å². The molecule has 0 atom stereocenters. The Morgan fingerprint density at radius 1 is 0.917 bits per heavy atom. The van der Waals surface area contributed by atoms with E-state index >= 15 is 0 Å². The molecule has 0 aliphatic carbocycles. The lowest BCUT2D eigenvalue weighted by Crippen LogP contribution is -2.31. The summed E-state index contributed by atoms with van der Waals surface area (Å²) in [7, 11) is 0. The van der Waals surface area contributed by atoms with Gasteiger partial charge in [0.15, 0.2) is 0 Å². The molecule has 1 aliphatic heterocycles. The largest absolute Gasteiger partial charge is 0.339 e. The summed E-state index contributed by atoms with van der Waals surface area (Å²) in [6.07, 6.45) is 6.49. The van der Waals surface area contributed by atoms with Crippen LogP contribution in [0.4, 0.5) is 0 Å². The molecule has 0 radical (unpaired) electrons. The van der Waals surface area contributed by atoms with E-state index in [1.165, 1.54) is 12.8 Å². The first-order chi connectivity index (χ1) is 11.8. The van der Waals surface area contributed by atoms with Crippen LogP contribution in [0.15, 0.2) is 54.9 Å². The molecule has 122 valence electrons. The van der Waals surface area contributed by atoms with Crippen molar-refractivity contribution in [2.45, 2.75) is 25.7 Å². The highest BCUT2D eigenvalue weighted by Crippen LogP contribution is 2.21. The molecule has 1 fully saturated rings. The summed E-state index contributed by atoms with van der Waals surface area (Å²) in [4.78, 5) is 19.2. The van der Waals surface area contributed by atoms with Crippen LogP contribution in [0.1, 0.15) is 36.0 Å². The molecule has 1 aromatic heterocycles. The summed E-state index contributed by atoms with van der Waals surface area (Å²) in [5.41, 5.74) is 3.70. The Bertz CT molecular complexity index is 846. The fourth-order valence-electron chi connectivity index (χ4n) is 3.40. The molecule has 3 aromatic rings. The van der Waals surface area contributed by atoms with Gasteiger partial charge >= 0.3 is 0 Å². The van der Waals surface area contributed by atoms with Crippen molar-refractivity contribution in [1.29, 1.82) is 0 Å². The summed E-state index contributed by atoms with van der Waals surface area (Å²) >= 11 is 0. The number of hydrogen-bond acceptors (Lipinski definition) is 2. The molecule has 1 aliphatic rings. The maximum atomic E-state index is 12.8. The third-order valence-electron chi connectivity index (χ3n) is 4.72. The van der Waals surface area contributed by atoms with Crippen molar-refractivity contribution >= 4 is 16.9 Å². The smallest absolute Gasteiger partial charge is 0.253 e. The minimum Gasteiger partial charge on any atom is -0.339 e. The molecule has 0 spiro atoms. The van der Waals surface area contributed by atoms with Crippen LogP contribution >= 0.6 is 0 Å². The van der Waals surface area contributed by atoms with Gasteiger partial charge in [-0.25, -0.2) is 4.98 Å². The molecule has 4 nitrogen and oxygen atoms in total. The fraction of sp³-hybridized carbons (Fsp3) is 0.300. The molecule has 4 rings (SSSR count). The number of carbonyl (C=O) groups is 1. The zero-order valence-electron chi connectivity index (χ0n) is 13.7. The predicted molar refractivity (Wildman–Crippen MR) is 95.4 cm³/mol. The Morgan fingerprint density at radius 2 is 1.67 bits per heavy atom. The molecule has 0 bridgehead atoms. The van der Waals surface area contributed by atoms with Gasteiger partial charge in [-0.2, -0.15) is 0 Å². The molecule has 1 saturated heterocycles. The van der Waals surface area contributed by atoms with Gasteiger partial charge in [0, 0.05) is 24.3 Å². The number of para-hydroxylation sites is 1. The van der Waals surface area contributed by atoms with Crippen LogP contribution in [0.3, 0.4) is 0 Å². The number of rotatable bonds is 2. The lowest BCUT2D eigenvalue weighted by Gasteiger charge is -2.20. The van der Waals surface area contributed by atoms with E-state index in [-0.39, 0.29) is 5.91 Å². The molecule has 0 unspecified atom stereocenters. The molecule has 2 heterocycles. The average molecular weight is 319 g/mol. The molecular formula is C20H21N3O. The minimum atomic E-state index is 0.132. The van der Waals surface area contributed by atoms with E-state index in [4.69, 9.17) is 0 Å². The highest BCUT2D eigenvalue weighted by molar-refractivity contribution is 5.97. The molecule has 1 amide bonds. The summed E-state index contributed by atoms with van der Waals surface area (Å²) in [5, 5.41) is 0. The second-order valence-corrected chi connectivity index (χ2v) is 6.36. The highest BCUT2D eigenvalue weighted by Gasteiger charge is 2.18. The van der Waals surface area contributed by atoms with Crippen molar-refractivity contribution in [2.24, 2.45) is 0 Å². The quantitative estimate of drug-likeness (QED) is 0.715. The standard InChI is InChI=1S/C20H21N3O/c24-20(22-12-6-1-2-7-13-22)16-10-11-19-18(14-16)21-15-23(19)17-8-4-3-5-9-17/h3-5,8-11,14-15H,1-2,6-7,12-13H2. The van der Waals surface area contributed by atoms with Crippen molar-refractivity contribution in [3.05, 3.63) is 60.4 Å². The summed E-state index contributed by atoms with van der Waals surface area (Å²) < 4.78 is 2.05. The third kappa shape index (κ3) is 2.80. The maximum absolute atomic E-state index is 12.8. The Labute approximate surface area is 141 Å². The van der Waals surface area contributed by atoms with Gasteiger partial charge in [-0.15, -0.1) is 0 Å². The van der Waals surface area contributed by atoms with Gasteiger partial charge in [0.05, 0.1) is 11.0 Å². The number of fused-ring (bicyclic) bond motifs is 1. The Hall–Kier alpha value is -2.62. The molecule has 24 heavy (non-hydrogen) atoms. The van der Waals surface area contributed by atoms with Gasteiger partial charge in [-0.3, -0.25) is 9.36 Å². The third-order valence-corrected chi connectivity index (χ3v) is 4.72. The minimum absolute atomic E-state index is 0.132. The fourth-order valence-corrected chi connectivity index (χ4v) is 3.40. The van der Waals surface area contributed by atoms with Crippen LogP contribution in [-0.4, -0.2) is 33.4 Å². The lowest BCUT2D eigenvalue weighted by molar-refractivity contribution is 0.0762. The summed E-state index contributed by atoms with van der Waals surface area (Å²) in [6.45, 7) is 1.74. The van der Waals surface area contributed by atoms with E-state index in [0.29, 0.717) is 0 Å². The second kappa shape index (κ2) is 6.48. The summed E-state index contributed by atoms with van der Waals surface area (Å²) in [5.74, 6) is 0.132. The first-order valence-corrected chi connectivity index (χ1v) is 8.65. The normalized spacial score (nSPS) is 15.4. The number of nitrogens with zero attached hydrogens (tertiary/aromatic N) is 3. The number of benzene rings is 2. The molecular weight excluding hydrogens is 298 g/mol. The van der Waals surface area contributed by atoms with Crippen molar-refractivity contribution < 1.29 is 4.79 Å². The van der Waals surface area contributed by atoms with Crippen molar-refractivity contribution in [3.63, 3.8) is 0 Å². The second-order valence-electron chi connectivity index (χ2n) is 6.36. The molecule has 0 N–H and O–H groups in total. The van der Waals surface area contributed by atoms with Crippen LogP contribution < -0.4 is 0 Å². The van der Waals surface area contributed by atoms with Crippen LogP contribution in [0.25, 0.3) is 16.7 Å². The highest BCUT2D eigenvalue weighted by atomic mass is 16.2.